The average Bonchev–Trinajstić information content (AvgIpc) is 3.45. The number of imidazole rings is 1. The number of nitrogens with one attached hydrogen (secondary N) is 3. The maximum absolute atomic E-state index is 14.9. The van der Waals surface area contributed by atoms with Crippen molar-refractivity contribution in [1.82, 2.24) is 25.0 Å². The summed E-state index contributed by atoms with van der Waals surface area (Å²) in [5, 5.41) is 18.2. The summed E-state index contributed by atoms with van der Waals surface area (Å²) >= 11 is 6.45. The zero-order valence-electron chi connectivity index (χ0n) is 24.1. The van der Waals surface area contributed by atoms with Gasteiger partial charge in [0, 0.05) is 43.3 Å². The number of nitriles is 1. The summed E-state index contributed by atoms with van der Waals surface area (Å²) in [5.74, 6) is -2.68. The lowest BCUT2D eigenvalue weighted by Crippen LogP contribution is -2.57. The molecule has 2 aromatic carbocycles. The minimum atomic E-state index is -1.20. The topological polar surface area (TPSA) is 126 Å². The van der Waals surface area contributed by atoms with Gasteiger partial charge in [0.1, 0.15) is 12.6 Å². The average molecular weight is 626 g/mol. The first-order valence-corrected chi connectivity index (χ1v) is 14.4. The fourth-order valence-electron chi connectivity index (χ4n) is 4.95. The van der Waals surface area contributed by atoms with Gasteiger partial charge in [-0.25, -0.2) is 14.4 Å². The van der Waals surface area contributed by atoms with Crippen molar-refractivity contribution in [3.8, 4) is 23.1 Å². The molecule has 0 radical (unpaired) electrons. The zero-order valence-corrected chi connectivity index (χ0v) is 24.8. The highest BCUT2D eigenvalue weighted by atomic mass is 35.5. The number of carbonyl (C=O) groups excluding carboxylic acids is 1. The monoisotopic (exact) mass is 625 g/mol. The van der Waals surface area contributed by atoms with Gasteiger partial charge in [0.05, 0.1) is 55.8 Å². The van der Waals surface area contributed by atoms with E-state index < -0.39 is 18.2 Å². The normalized spacial score (nSPS) is 14.2. The molecule has 0 aliphatic carbocycles. The number of nitrogens with zero attached hydrogens (tertiary/aromatic N) is 5. The van der Waals surface area contributed by atoms with E-state index >= 15 is 0 Å². The van der Waals surface area contributed by atoms with Gasteiger partial charge in [0.2, 0.25) is 5.82 Å². The van der Waals surface area contributed by atoms with E-state index in [-0.39, 0.29) is 27.9 Å². The molecule has 14 heteroatoms. The maximum atomic E-state index is 14.9. The summed E-state index contributed by atoms with van der Waals surface area (Å²) < 4.78 is 42.7. The molecule has 0 saturated carbocycles. The Morgan fingerprint density at radius 3 is 2.77 bits per heavy atom. The van der Waals surface area contributed by atoms with Gasteiger partial charge in [-0.3, -0.25) is 9.20 Å². The van der Waals surface area contributed by atoms with E-state index in [4.69, 9.17) is 26.3 Å². The number of aromatic nitrogens is 3. The number of fused-ring (bicyclic) bond motifs is 1. The van der Waals surface area contributed by atoms with Gasteiger partial charge in [-0.1, -0.05) is 11.6 Å². The lowest BCUT2D eigenvalue weighted by Gasteiger charge is -2.37. The van der Waals surface area contributed by atoms with Crippen LogP contribution in [0.1, 0.15) is 10.4 Å². The smallest absolute Gasteiger partial charge is 0.252 e. The molecule has 1 amide bonds. The van der Waals surface area contributed by atoms with Crippen molar-refractivity contribution >= 4 is 34.7 Å². The quantitative estimate of drug-likeness (QED) is 0.161. The minimum absolute atomic E-state index is 0.0458. The molecule has 4 aromatic rings. The van der Waals surface area contributed by atoms with Crippen LogP contribution in [0.15, 0.2) is 48.9 Å². The van der Waals surface area contributed by atoms with Gasteiger partial charge in [-0.15, -0.1) is 0 Å². The number of carbonyl (C=O) groups is 1. The van der Waals surface area contributed by atoms with Gasteiger partial charge in [0.25, 0.3) is 5.91 Å². The molecular formula is C30H32ClF2N8O3+. The highest BCUT2D eigenvalue weighted by Crippen LogP contribution is 2.32. The van der Waals surface area contributed by atoms with Gasteiger partial charge in [-0.05, 0) is 30.3 Å². The first kappa shape index (κ1) is 31.1. The molecule has 1 saturated heterocycles. The number of piperazine rings is 1. The van der Waals surface area contributed by atoms with Crippen LogP contribution in [0.4, 0.5) is 20.3 Å². The summed E-state index contributed by atoms with van der Waals surface area (Å²) in [6.07, 6.45) is 4.45. The molecule has 44 heavy (non-hydrogen) atoms. The fourth-order valence-corrected chi connectivity index (χ4v) is 5.22. The number of rotatable bonds is 12. The molecule has 0 bridgehead atoms. The molecule has 1 aliphatic rings. The molecule has 11 nitrogen and oxygen atoms in total. The van der Waals surface area contributed by atoms with Crippen LogP contribution in [0, 0.1) is 23.0 Å². The SMILES string of the molecule is C[N+]1(CCOCCNC(=O)c2ccc(Nc3nccn4c(-c5ccc(OCC#N)c(F)c5F)cnc34)cc2Cl)CCNCC1. The van der Waals surface area contributed by atoms with Gasteiger partial charge in [0.15, 0.2) is 29.6 Å². The van der Waals surface area contributed by atoms with Gasteiger partial charge < -0.3 is 29.9 Å². The van der Waals surface area contributed by atoms with Crippen LogP contribution in [-0.2, 0) is 4.74 Å². The van der Waals surface area contributed by atoms with Gasteiger partial charge >= 0.3 is 0 Å². The summed E-state index contributed by atoms with van der Waals surface area (Å²) in [6, 6.07) is 9.20. The Morgan fingerprint density at radius 1 is 1.18 bits per heavy atom. The summed E-state index contributed by atoms with van der Waals surface area (Å²) in [5.41, 5.74) is 1.43. The number of halogens is 3. The molecule has 0 unspecified atom stereocenters. The van der Waals surface area contributed by atoms with E-state index in [9.17, 15) is 13.6 Å². The van der Waals surface area contributed by atoms with E-state index in [1.54, 1.807) is 34.9 Å². The number of benzene rings is 2. The zero-order chi connectivity index (χ0) is 31.1. The highest BCUT2D eigenvalue weighted by molar-refractivity contribution is 6.34. The maximum Gasteiger partial charge on any atom is 0.252 e. The lowest BCUT2D eigenvalue weighted by atomic mass is 10.1. The second-order valence-electron chi connectivity index (χ2n) is 10.5. The molecule has 1 fully saturated rings. The molecule has 2 aromatic heterocycles. The Balaban J connectivity index is 1.20. The van der Waals surface area contributed by atoms with Crippen molar-refractivity contribution < 1.29 is 27.5 Å². The van der Waals surface area contributed by atoms with E-state index in [0.29, 0.717) is 42.5 Å². The van der Waals surface area contributed by atoms with Crippen molar-refractivity contribution in [3.05, 3.63) is 71.1 Å². The van der Waals surface area contributed by atoms with E-state index in [1.807, 2.05) is 0 Å². The minimum Gasteiger partial charge on any atom is -0.476 e. The number of amides is 1. The molecule has 0 atom stereocenters. The first-order valence-electron chi connectivity index (χ1n) is 14.1. The largest absolute Gasteiger partial charge is 0.476 e. The molecule has 5 rings (SSSR count). The number of anilines is 2. The fraction of sp³-hybridized carbons (Fsp3) is 0.333. The third kappa shape index (κ3) is 7.06. The predicted octanol–water partition coefficient (Wildman–Crippen LogP) is 3.77. The van der Waals surface area contributed by atoms with Crippen LogP contribution in [0.3, 0.4) is 0 Å². The Morgan fingerprint density at radius 2 is 2.00 bits per heavy atom. The second-order valence-corrected chi connectivity index (χ2v) is 10.9. The van der Waals surface area contributed by atoms with Crippen molar-refractivity contribution in [2.24, 2.45) is 0 Å². The van der Waals surface area contributed by atoms with Crippen LogP contribution in [0.5, 0.6) is 5.75 Å². The molecule has 3 heterocycles. The second kappa shape index (κ2) is 14.0. The summed E-state index contributed by atoms with van der Waals surface area (Å²) in [4.78, 5) is 21.4. The van der Waals surface area contributed by atoms with Crippen molar-refractivity contribution in [2.45, 2.75) is 0 Å². The van der Waals surface area contributed by atoms with Gasteiger partial charge in [-0.2, -0.15) is 9.65 Å². The number of quaternary nitrogens is 1. The van der Waals surface area contributed by atoms with Crippen LogP contribution < -0.4 is 20.7 Å². The Bertz CT molecular complexity index is 1690. The Kier molecular flexibility index (Phi) is 9.86. The molecule has 3 N–H and O–H groups in total. The van der Waals surface area contributed by atoms with E-state index in [2.05, 4.69) is 33.0 Å². The highest BCUT2D eigenvalue weighted by Gasteiger charge is 2.24. The molecule has 0 spiro atoms. The third-order valence-electron chi connectivity index (χ3n) is 7.48. The van der Waals surface area contributed by atoms with Crippen molar-refractivity contribution in [2.75, 3.05) is 71.5 Å². The third-order valence-corrected chi connectivity index (χ3v) is 7.80. The standard InChI is InChI=1S/C30H31ClF2N8O3/c1-41(12-8-35-9-13-41)14-17-43-16-10-37-30(42)21-3-2-20(18-23(21)31)39-28-29-38-19-24(40(29)11-7-36-28)22-4-5-25(44-15-6-34)27(33)26(22)32/h2-5,7,11,18-19,35H,8-10,12-17H2,1H3,(H-,36,37,39,42)/p+1. The Hall–Kier alpha value is -4.35. The van der Waals surface area contributed by atoms with Crippen molar-refractivity contribution in [3.63, 3.8) is 0 Å². The van der Waals surface area contributed by atoms with Crippen LogP contribution >= 0.6 is 11.6 Å². The van der Waals surface area contributed by atoms with Crippen LogP contribution in [0.25, 0.3) is 16.9 Å². The summed E-state index contributed by atoms with van der Waals surface area (Å²) in [6.45, 7) is 6.09. The number of hydrogen-bond donors (Lipinski definition) is 3. The van der Waals surface area contributed by atoms with E-state index in [1.165, 1.54) is 24.5 Å². The van der Waals surface area contributed by atoms with Crippen LogP contribution in [-0.4, -0.2) is 90.9 Å². The number of hydrogen-bond acceptors (Lipinski definition) is 8. The number of ether oxygens (including phenoxy) is 2. The van der Waals surface area contributed by atoms with Crippen molar-refractivity contribution in [1.29, 1.82) is 5.26 Å². The molecule has 230 valence electrons. The van der Waals surface area contributed by atoms with E-state index in [0.717, 1.165) is 37.2 Å². The summed E-state index contributed by atoms with van der Waals surface area (Å²) in [7, 11) is 2.23. The molecular weight excluding hydrogens is 594 g/mol. The number of likely N-dealkylation sites (N-methyl/N-ethyl adjacent to an activating group) is 1. The first-order chi connectivity index (χ1) is 21.3. The Labute approximate surface area is 258 Å². The lowest BCUT2D eigenvalue weighted by molar-refractivity contribution is -0.911. The molecule has 1 aliphatic heterocycles. The predicted molar refractivity (Wildman–Crippen MR) is 161 cm³/mol. The van der Waals surface area contributed by atoms with Crippen LogP contribution in [0.2, 0.25) is 5.02 Å².